The van der Waals surface area contributed by atoms with Gasteiger partial charge >= 0.3 is 0 Å². The first-order chi connectivity index (χ1) is 16.2. The number of aromatic nitrogens is 4. The average Bonchev–Trinajstić information content (AvgIpc) is 3.34. The van der Waals surface area contributed by atoms with Crippen LogP contribution in [0, 0.1) is 6.92 Å². The number of carbonyl (C=O) groups is 1. The molecule has 0 aliphatic carbocycles. The zero-order valence-electron chi connectivity index (χ0n) is 18.3. The first-order valence-corrected chi connectivity index (χ1v) is 10.8. The predicted molar refractivity (Wildman–Crippen MR) is 130 cm³/mol. The van der Waals surface area contributed by atoms with Crippen molar-refractivity contribution in [3.63, 3.8) is 0 Å². The Morgan fingerprint density at radius 1 is 0.939 bits per heavy atom. The number of hydrogen-bond donors (Lipinski definition) is 1. The minimum Gasteiger partial charge on any atom is -0.326 e. The number of amides is 1. The van der Waals surface area contributed by atoms with E-state index in [1.165, 1.54) is 6.33 Å². The first-order valence-electron chi connectivity index (χ1n) is 10.8. The molecule has 0 aliphatic heterocycles. The molecule has 6 heteroatoms. The van der Waals surface area contributed by atoms with Crippen LogP contribution in [-0.4, -0.2) is 25.7 Å². The van der Waals surface area contributed by atoms with Crippen LogP contribution in [-0.2, 0) is 17.8 Å². The molecule has 0 bridgehead atoms. The summed E-state index contributed by atoms with van der Waals surface area (Å²) in [5, 5.41) is 8.20. The van der Waals surface area contributed by atoms with E-state index in [-0.39, 0.29) is 12.3 Å². The van der Waals surface area contributed by atoms with E-state index in [1.54, 1.807) is 11.0 Å². The van der Waals surface area contributed by atoms with Gasteiger partial charge in [0.15, 0.2) is 0 Å². The molecule has 0 aliphatic rings. The lowest BCUT2D eigenvalue weighted by molar-refractivity contribution is -0.115. The van der Waals surface area contributed by atoms with Gasteiger partial charge in [-0.2, -0.15) is 5.10 Å². The number of rotatable bonds is 6. The largest absolute Gasteiger partial charge is 0.326 e. The maximum atomic E-state index is 13.0. The molecule has 0 radical (unpaired) electrons. The molecule has 2 aromatic heterocycles. The molecule has 0 unspecified atom stereocenters. The number of para-hydroxylation sites is 1. The number of aryl methyl sites for hydroxylation is 1. The van der Waals surface area contributed by atoms with Gasteiger partial charge < -0.3 is 5.32 Å². The van der Waals surface area contributed by atoms with E-state index < -0.39 is 0 Å². The van der Waals surface area contributed by atoms with Crippen molar-refractivity contribution in [3.05, 3.63) is 108 Å². The fraction of sp³-hybridized carbons (Fsp3) is 0.111. The van der Waals surface area contributed by atoms with Crippen molar-refractivity contribution < 1.29 is 4.79 Å². The van der Waals surface area contributed by atoms with Crippen LogP contribution in [0.4, 0.5) is 5.69 Å². The molecular weight excluding hydrogens is 410 g/mol. The zero-order valence-corrected chi connectivity index (χ0v) is 18.3. The molecule has 3 aromatic carbocycles. The van der Waals surface area contributed by atoms with Crippen LogP contribution in [0.25, 0.3) is 22.0 Å². The van der Waals surface area contributed by atoms with E-state index in [0.717, 1.165) is 44.5 Å². The van der Waals surface area contributed by atoms with Gasteiger partial charge in [0.25, 0.3) is 0 Å². The first kappa shape index (κ1) is 20.6. The van der Waals surface area contributed by atoms with Crippen molar-refractivity contribution >= 4 is 22.5 Å². The van der Waals surface area contributed by atoms with Gasteiger partial charge in [-0.15, -0.1) is 0 Å². The van der Waals surface area contributed by atoms with E-state index >= 15 is 0 Å². The maximum absolute atomic E-state index is 13.0. The van der Waals surface area contributed by atoms with Crippen LogP contribution >= 0.6 is 0 Å². The minimum atomic E-state index is -0.0728. The second-order valence-corrected chi connectivity index (χ2v) is 7.95. The number of fused-ring (bicyclic) bond motifs is 1. The number of nitrogens with one attached hydrogen (secondary N) is 1. The number of pyridine rings is 1. The molecule has 0 atom stereocenters. The normalized spacial score (nSPS) is 10.9. The van der Waals surface area contributed by atoms with E-state index in [0.29, 0.717) is 6.54 Å². The standard InChI is InChI=1S/C27H23N5O/c1-19-24(27(21-7-3-2-4-8-21)23-9-5-6-10-25(23)30-19)15-26(33)31-22-13-11-20(12-14-22)16-32-18-28-17-29-32/h2-14,17-18H,15-16H2,1H3,(H,31,33). The Morgan fingerprint density at radius 3 is 2.45 bits per heavy atom. The van der Waals surface area contributed by atoms with Crippen LogP contribution in [0.2, 0.25) is 0 Å². The van der Waals surface area contributed by atoms with E-state index in [1.807, 2.05) is 67.6 Å². The number of anilines is 1. The van der Waals surface area contributed by atoms with Crippen LogP contribution in [0.3, 0.4) is 0 Å². The number of benzene rings is 3. The van der Waals surface area contributed by atoms with Crippen molar-refractivity contribution in [1.29, 1.82) is 0 Å². The van der Waals surface area contributed by atoms with Crippen molar-refractivity contribution in [2.75, 3.05) is 5.32 Å². The van der Waals surface area contributed by atoms with Gasteiger partial charge in [-0.05, 0) is 47.4 Å². The molecule has 2 heterocycles. The Balaban J connectivity index is 1.41. The quantitative estimate of drug-likeness (QED) is 0.408. The average molecular weight is 434 g/mol. The highest BCUT2D eigenvalue weighted by Gasteiger charge is 2.17. The number of carbonyl (C=O) groups excluding carboxylic acids is 1. The third-order valence-corrected chi connectivity index (χ3v) is 5.65. The predicted octanol–water partition coefficient (Wildman–Crippen LogP) is 5.03. The Bertz CT molecular complexity index is 1390. The number of nitrogens with zero attached hydrogens (tertiary/aromatic N) is 4. The molecule has 0 saturated heterocycles. The van der Waals surface area contributed by atoms with Gasteiger partial charge in [0.1, 0.15) is 12.7 Å². The summed E-state index contributed by atoms with van der Waals surface area (Å²) in [5.74, 6) is -0.0728. The molecule has 6 nitrogen and oxygen atoms in total. The highest BCUT2D eigenvalue weighted by Crippen LogP contribution is 2.33. The van der Waals surface area contributed by atoms with Gasteiger partial charge in [-0.25, -0.2) is 9.67 Å². The minimum absolute atomic E-state index is 0.0728. The Hall–Kier alpha value is -4.32. The van der Waals surface area contributed by atoms with E-state index in [4.69, 9.17) is 4.98 Å². The van der Waals surface area contributed by atoms with Crippen molar-refractivity contribution in [2.24, 2.45) is 0 Å². The zero-order chi connectivity index (χ0) is 22.6. The summed E-state index contributed by atoms with van der Waals surface area (Å²) < 4.78 is 1.76. The maximum Gasteiger partial charge on any atom is 0.228 e. The smallest absolute Gasteiger partial charge is 0.228 e. The Kier molecular flexibility index (Phi) is 5.64. The molecule has 1 N–H and O–H groups in total. The Labute approximate surface area is 192 Å². The SMILES string of the molecule is Cc1nc2ccccc2c(-c2ccccc2)c1CC(=O)Nc1ccc(Cn2cncn2)cc1. The summed E-state index contributed by atoms with van der Waals surface area (Å²) in [6, 6.07) is 26.1. The lowest BCUT2D eigenvalue weighted by Gasteiger charge is -2.16. The van der Waals surface area contributed by atoms with Gasteiger partial charge in [0, 0.05) is 16.8 Å². The van der Waals surface area contributed by atoms with Gasteiger partial charge in [-0.1, -0.05) is 60.7 Å². The van der Waals surface area contributed by atoms with Gasteiger partial charge in [0.2, 0.25) is 5.91 Å². The summed E-state index contributed by atoms with van der Waals surface area (Å²) >= 11 is 0. The summed E-state index contributed by atoms with van der Waals surface area (Å²) in [7, 11) is 0. The molecule has 5 rings (SSSR count). The molecular formula is C27H23N5O. The molecule has 1 amide bonds. The molecule has 0 fully saturated rings. The molecule has 5 aromatic rings. The monoisotopic (exact) mass is 433 g/mol. The van der Waals surface area contributed by atoms with Crippen molar-refractivity contribution in [2.45, 2.75) is 19.9 Å². The second kappa shape index (κ2) is 9.04. The van der Waals surface area contributed by atoms with Crippen LogP contribution in [0.5, 0.6) is 0 Å². The lowest BCUT2D eigenvalue weighted by Crippen LogP contribution is -2.16. The summed E-state index contributed by atoms with van der Waals surface area (Å²) in [6.45, 7) is 2.61. The third-order valence-electron chi connectivity index (χ3n) is 5.65. The van der Waals surface area contributed by atoms with Crippen molar-refractivity contribution in [3.8, 4) is 11.1 Å². The topological polar surface area (TPSA) is 72.7 Å². The van der Waals surface area contributed by atoms with Gasteiger partial charge in [-0.3, -0.25) is 9.78 Å². The highest BCUT2D eigenvalue weighted by molar-refractivity contribution is 6.00. The van der Waals surface area contributed by atoms with Crippen LogP contribution in [0.15, 0.2) is 91.5 Å². The van der Waals surface area contributed by atoms with Gasteiger partial charge in [0.05, 0.1) is 18.5 Å². The molecule has 33 heavy (non-hydrogen) atoms. The second-order valence-electron chi connectivity index (χ2n) is 7.95. The summed E-state index contributed by atoms with van der Waals surface area (Å²) in [6.07, 6.45) is 3.44. The summed E-state index contributed by atoms with van der Waals surface area (Å²) in [5.41, 5.74) is 6.73. The number of hydrogen-bond acceptors (Lipinski definition) is 4. The third kappa shape index (κ3) is 4.50. The summed E-state index contributed by atoms with van der Waals surface area (Å²) in [4.78, 5) is 21.8. The molecule has 0 spiro atoms. The highest BCUT2D eigenvalue weighted by atomic mass is 16.1. The molecule has 0 saturated carbocycles. The fourth-order valence-electron chi connectivity index (χ4n) is 4.09. The van der Waals surface area contributed by atoms with E-state index in [9.17, 15) is 4.79 Å². The molecule has 162 valence electrons. The Morgan fingerprint density at radius 2 is 1.70 bits per heavy atom. The van der Waals surface area contributed by atoms with Crippen LogP contribution < -0.4 is 5.32 Å². The lowest BCUT2D eigenvalue weighted by atomic mass is 9.92. The fourth-order valence-corrected chi connectivity index (χ4v) is 4.09. The van der Waals surface area contributed by atoms with E-state index in [2.05, 4.69) is 33.6 Å². The van der Waals surface area contributed by atoms with Crippen molar-refractivity contribution in [1.82, 2.24) is 19.7 Å². The van der Waals surface area contributed by atoms with Crippen LogP contribution in [0.1, 0.15) is 16.8 Å².